The third-order valence-electron chi connectivity index (χ3n) is 4.84. The van der Waals surface area contributed by atoms with Crippen LogP contribution in [0.4, 0.5) is 0 Å². The number of hydrogen-bond donors (Lipinski definition) is 2. The average molecular weight is 297 g/mol. The molecule has 3 N–H and O–H groups in total. The van der Waals surface area contributed by atoms with Crippen molar-refractivity contribution in [3.63, 3.8) is 0 Å². The van der Waals surface area contributed by atoms with Crippen LogP contribution in [0.2, 0.25) is 0 Å². The number of primary amides is 1. The maximum Gasteiger partial charge on any atom is 0.237 e. The summed E-state index contributed by atoms with van der Waals surface area (Å²) in [6, 6.07) is 0.507. The number of likely N-dealkylation sites (tertiary alicyclic amines) is 1. The minimum atomic E-state index is -0.530. The molecule has 0 radical (unpaired) electrons. The van der Waals surface area contributed by atoms with E-state index in [-0.39, 0.29) is 5.91 Å². The van der Waals surface area contributed by atoms with Gasteiger partial charge in [0.15, 0.2) is 0 Å². The van der Waals surface area contributed by atoms with Crippen LogP contribution >= 0.6 is 0 Å². The smallest absolute Gasteiger partial charge is 0.237 e. The zero-order valence-corrected chi connectivity index (χ0v) is 13.6. The molecule has 5 heteroatoms. The number of nitrogens with two attached hydrogens (primary N) is 1. The largest absolute Gasteiger partial charge is 0.380 e. The molecular weight excluding hydrogens is 266 g/mol. The van der Waals surface area contributed by atoms with Gasteiger partial charge in [-0.1, -0.05) is 0 Å². The monoisotopic (exact) mass is 297 g/mol. The fraction of sp³-hybridized carbons (Fsp3) is 0.938. The maximum absolute atomic E-state index is 11.7. The van der Waals surface area contributed by atoms with Crippen molar-refractivity contribution in [3.8, 4) is 0 Å². The zero-order valence-electron chi connectivity index (χ0n) is 13.6. The Hall–Kier alpha value is -0.650. The minimum absolute atomic E-state index is 0.216. The van der Waals surface area contributed by atoms with Crippen molar-refractivity contribution < 1.29 is 9.53 Å². The highest BCUT2D eigenvalue weighted by Gasteiger charge is 2.36. The van der Waals surface area contributed by atoms with Crippen LogP contribution in [0.3, 0.4) is 0 Å². The Kier molecular flexibility index (Phi) is 6.02. The van der Waals surface area contributed by atoms with E-state index in [1.54, 1.807) is 7.11 Å². The summed E-state index contributed by atoms with van der Waals surface area (Å²) in [6.07, 6.45) is 8.13. The van der Waals surface area contributed by atoms with E-state index in [9.17, 15) is 4.79 Å². The standard InChI is InChI=1S/C16H31N3O2/c1-16(15(17)20,18-13-7-8-13)9-3-4-10-19-11-5-6-14(12-19)21-2/h13-14,18H,3-12H2,1-2H3,(H2,17,20). The molecular formula is C16H31N3O2. The lowest BCUT2D eigenvalue weighted by atomic mass is 9.93. The molecule has 5 nitrogen and oxygen atoms in total. The Morgan fingerprint density at radius 2 is 2.14 bits per heavy atom. The number of hydrogen-bond acceptors (Lipinski definition) is 4. The molecule has 1 aliphatic heterocycles. The van der Waals surface area contributed by atoms with Gasteiger partial charge in [-0.25, -0.2) is 0 Å². The Morgan fingerprint density at radius 1 is 1.38 bits per heavy atom. The first kappa shape index (κ1) is 16.7. The molecule has 1 aliphatic carbocycles. The Labute approximate surface area is 128 Å². The van der Waals surface area contributed by atoms with E-state index >= 15 is 0 Å². The quantitative estimate of drug-likeness (QED) is 0.629. The van der Waals surface area contributed by atoms with Gasteiger partial charge in [0, 0.05) is 19.7 Å². The Bertz CT molecular complexity index is 346. The van der Waals surface area contributed by atoms with E-state index in [1.165, 1.54) is 32.2 Å². The van der Waals surface area contributed by atoms with Crippen LogP contribution < -0.4 is 11.1 Å². The highest BCUT2D eigenvalue weighted by molar-refractivity contribution is 5.84. The summed E-state index contributed by atoms with van der Waals surface area (Å²) in [5.41, 5.74) is 5.05. The van der Waals surface area contributed by atoms with E-state index in [1.807, 2.05) is 6.92 Å². The molecule has 0 aromatic heterocycles. The van der Waals surface area contributed by atoms with Gasteiger partial charge >= 0.3 is 0 Å². The second kappa shape index (κ2) is 7.56. The van der Waals surface area contributed by atoms with E-state index in [0.717, 1.165) is 32.4 Å². The van der Waals surface area contributed by atoms with Crippen molar-refractivity contribution in [3.05, 3.63) is 0 Å². The van der Waals surface area contributed by atoms with Gasteiger partial charge in [0.25, 0.3) is 0 Å². The minimum Gasteiger partial charge on any atom is -0.380 e. The molecule has 0 aromatic rings. The van der Waals surface area contributed by atoms with Gasteiger partial charge in [0.1, 0.15) is 0 Å². The van der Waals surface area contributed by atoms with E-state index < -0.39 is 5.54 Å². The number of rotatable bonds is 9. The second-order valence-corrected chi connectivity index (χ2v) is 6.87. The number of nitrogens with one attached hydrogen (secondary N) is 1. The Morgan fingerprint density at radius 3 is 2.76 bits per heavy atom. The van der Waals surface area contributed by atoms with Gasteiger partial charge in [-0.15, -0.1) is 0 Å². The number of methoxy groups -OCH3 is 1. The molecule has 0 spiro atoms. The van der Waals surface area contributed by atoms with Gasteiger partial charge in [0.05, 0.1) is 11.6 Å². The van der Waals surface area contributed by atoms with Gasteiger partial charge in [-0.3, -0.25) is 4.79 Å². The summed E-state index contributed by atoms with van der Waals surface area (Å²) < 4.78 is 5.45. The van der Waals surface area contributed by atoms with Crippen molar-refractivity contribution in [1.82, 2.24) is 10.2 Å². The topological polar surface area (TPSA) is 67.6 Å². The van der Waals surface area contributed by atoms with E-state index in [0.29, 0.717) is 12.1 Å². The van der Waals surface area contributed by atoms with Crippen LogP contribution in [-0.2, 0) is 9.53 Å². The Balaban J connectivity index is 1.66. The van der Waals surface area contributed by atoms with Crippen LogP contribution in [0, 0.1) is 0 Å². The number of amides is 1. The summed E-state index contributed by atoms with van der Waals surface area (Å²) in [5.74, 6) is -0.216. The maximum atomic E-state index is 11.7. The number of unbranched alkanes of at least 4 members (excludes halogenated alkanes) is 1. The zero-order chi connectivity index (χ0) is 15.3. The SMILES string of the molecule is COC1CCCN(CCCCC(C)(NC2CC2)C(N)=O)C1. The summed E-state index contributed by atoms with van der Waals surface area (Å²) in [7, 11) is 1.80. The molecule has 1 amide bonds. The van der Waals surface area contributed by atoms with Crippen LogP contribution in [0.5, 0.6) is 0 Å². The first-order valence-corrected chi connectivity index (χ1v) is 8.36. The molecule has 122 valence electrons. The molecule has 1 saturated heterocycles. The number of carbonyl (C=O) groups is 1. The third kappa shape index (κ3) is 5.24. The molecule has 2 unspecified atom stereocenters. The van der Waals surface area contributed by atoms with Crippen molar-refractivity contribution in [2.45, 2.75) is 69.6 Å². The highest BCUT2D eigenvalue weighted by atomic mass is 16.5. The summed E-state index contributed by atoms with van der Waals surface area (Å²) in [5, 5.41) is 3.41. The fourth-order valence-corrected chi connectivity index (χ4v) is 3.17. The van der Waals surface area contributed by atoms with Crippen molar-refractivity contribution in [2.24, 2.45) is 5.73 Å². The summed E-state index contributed by atoms with van der Waals surface area (Å²) >= 11 is 0. The van der Waals surface area contributed by atoms with Crippen LogP contribution in [0.25, 0.3) is 0 Å². The van der Waals surface area contributed by atoms with Crippen molar-refractivity contribution in [1.29, 1.82) is 0 Å². The van der Waals surface area contributed by atoms with Gasteiger partial charge in [-0.05, 0) is 65.0 Å². The molecule has 1 heterocycles. The molecule has 2 atom stereocenters. The molecule has 21 heavy (non-hydrogen) atoms. The van der Waals surface area contributed by atoms with Crippen molar-refractivity contribution >= 4 is 5.91 Å². The molecule has 2 rings (SSSR count). The molecule has 1 saturated carbocycles. The number of nitrogens with zero attached hydrogens (tertiary/aromatic N) is 1. The lowest BCUT2D eigenvalue weighted by molar-refractivity contribution is -0.124. The average Bonchev–Trinajstić information content (AvgIpc) is 3.27. The second-order valence-electron chi connectivity index (χ2n) is 6.87. The van der Waals surface area contributed by atoms with Crippen LogP contribution in [0.15, 0.2) is 0 Å². The predicted octanol–water partition coefficient (Wildman–Crippen LogP) is 1.26. The first-order valence-electron chi connectivity index (χ1n) is 8.36. The van der Waals surface area contributed by atoms with Gasteiger partial charge in [0.2, 0.25) is 5.91 Å². The number of carbonyl (C=O) groups excluding carboxylic acids is 1. The molecule has 2 fully saturated rings. The molecule has 0 bridgehead atoms. The first-order chi connectivity index (χ1) is 10.0. The van der Waals surface area contributed by atoms with Crippen LogP contribution in [0.1, 0.15) is 51.9 Å². The van der Waals surface area contributed by atoms with Gasteiger partial charge < -0.3 is 20.7 Å². The fourth-order valence-electron chi connectivity index (χ4n) is 3.17. The third-order valence-corrected chi connectivity index (χ3v) is 4.84. The highest BCUT2D eigenvalue weighted by Crippen LogP contribution is 2.25. The number of piperidine rings is 1. The predicted molar refractivity (Wildman–Crippen MR) is 84.1 cm³/mol. The summed E-state index contributed by atoms with van der Waals surface area (Å²) in [4.78, 5) is 14.2. The van der Waals surface area contributed by atoms with Crippen LogP contribution in [-0.4, -0.2) is 55.2 Å². The van der Waals surface area contributed by atoms with Gasteiger partial charge in [-0.2, -0.15) is 0 Å². The van der Waals surface area contributed by atoms with E-state index in [4.69, 9.17) is 10.5 Å². The summed E-state index contributed by atoms with van der Waals surface area (Å²) in [6.45, 7) is 5.27. The lowest BCUT2D eigenvalue weighted by Gasteiger charge is -2.32. The van der Waals surface area contributed by atoms with Crippen molar-refractivity contribution in [2.75, 3.05) is 26.7 Å². The number of ether oxygens (including phenoxy) is 1. The lowest BCUT2D eigenvalue weighted by Crippen LogP contribution is -2.54. The molecule has 2 aliphatic rings. The molecule has 0 aromatic carbocycles. The normalized spacial score (nSPS) is 26.5. The van der Waals surface area contributed by atoms with E-state index in [2.05, 4.69) is 10.2 Å².